The van der Waals surface area contributed by atoms with Gasteiger partial charge in [0.2, 0.25) is 0 Å². The van der Waals surface area contributed by atoms with Crippen molar-refractivity contribution in [1.82, 2.24) is 5.32 Å². The molecule has 1 saturated carbocycles. The van der Waals surface area contributed by atoms with Crippen LogP contribution in [0.25, 0.3) is 0 Å². The molecule has 3 aliphatic rings. The summed E-state index contributed by atoms with van der Waals surface area (Å²) in [4.78, 5) is 0. The molecule has 1 aliphatic carbocycles. The van der Waals surface area contributed by atoms with Gasteiger partial charge in [-0.05, 0) is 44.6 Å². The summed E-state index contributed by atoms with van der Waals surface area (Å²) >= 11 is 0. The monoisotopic (exact) mass is 281 g/mol. The molecule has 0 radical (unpaired) electrons. The zero-order chi connectivity index (χ0) is 13.8. The van der Waals surface area contributed by atoms with E-state index in [2.05, 4.69) is 12.4 Å². The average molecular weight is 281 g/mol. The van der Waals surface area contributed by atoms with E-state index in [4.69, 9.17) is 9.47 Å². The van der Waals surface area contributed by atoms with Gasteiger partial charge in [0.05, 0.1) is 12.2 Å². The van der Waals surface area contributed by atoms with Crippen LogP contribution in [0.5, 0.6) is 0 Å². The Kier molecular flexibility index (Phi) is 5.00. The molecule has 0 amide bonds. The summed E-state index contributed by atoms with van der Waals surface area (Å²) in [5.41, 5.74) is 0.0583. The van der Waals surface area contributed by atoms with Gasteiger partial charge in [-0.3, -0.25) is 0 Å². The van der Waals surface area contributed by atoms with Crippen LogP contribution in [0.4, 0.5) is 0 Å². The van der Waals surface area contributed by atoms with Gasteiger partial charge in [-0.2, -0.15) is 0 Å². The molecule has 1 N–H and O–H groups in total. The maximum Gasteiger partial charge on any atom is 0.0939 e. The van der Waals surface area contributed by atoms with E-state index in [1.54, 1.807) is 0 Å². The minimum Gasteiger partial charge on any atom is -0.378 e. The molecule has 2 saturated heterocycles. The zero-order valence-electron chi connectivity index (χ0n) is 13.0. The van der Waals surface area contributed by atoms with Crippen molar-refractivity contribution in [2.75, 3.05) is 26.9 Å². The molecule has 0 aromatic heterocycles. The van der Waals surface area contributed by atoms with Crippen LogP contribution in [0, 0.1) is 11.8 Å². The van der Waals surface area contributed by atoms with Crippen molar-refractivity contribution in [3.8, 4) is 0 Å². The Morgan fingerprint density at radius 1 is 1.00 bits per heavy atom. The van der Waals surface area contributed by atoms with Crippen molar-refractivity contribution in [2.24, 2.45) is 11.8 Å². The van der Waals surface area contributed by atoms with E-state index in [1.165, 1.54) is 51.4 Å². The summed E-state index contributed by atoms with van der Waals surface area (Å²) < 4.78 is 11.7. The number of hydrogen-bond acceptors (Lipinski definition) is 3. The second-order valence-corrected chi connectivity index (χ2v) is 7.15. The molecule has 0 aromatic carbocycles. The third-order valence-electron chi connectivity index (χ3n) is 5.85. The summed E-state index contributed by atoms with van der Waals surface area (Å²) in [6, 6.07) is 0.689. The van der Waals surface area contributed by atoms with E-state index in [1.807, 2.05) is 0 Å². The van der Waals surface area contributed by atoms with Crippen LogP contribution in [-0.4, -0.2) is 38.5 Å². The molecule has 1 spiro atoms. The standard InChI is InChI=1S/C17H31NO2/c1-18-16(14-6-4-2-3-5-7-14)15-8-10-20-17(12-15)9-11-19-13-17/h14-16,18H,2-13H2,1H3. The van der Waals surface area contributed by atoms with Crippen LogP contribution in [0.1, 0.15) is 57.8 Å². The topological polar surface area (TPSA) is 30.5 Å². The SMILES string of the molecule is CNC(C1CCCCCC1)C1CCOC2(CCOC2)C1. The first-order valence-corrected chi connectivity index (χ1v) is 8.72. The Morgan fingerprint density at radius 3 is 2.45 bits per heavy atom. The van der Waals surface area contributed by atoms with Gasteiger partial charge >= 0.3 is 0 Å². The van der Waals surface area contributed by atoms with Crippen LogP contribution in [0.2, 0.25) is 0 Å². The van der Waals surface area contributed by atoms with Crippen LogP contribution >= 0.6 is 0 Å². The fourth-order valence-corrected chi connectivity index (χ4v) is 4.76. The first kappa shape index (κ1) is 14.8. The largest absolute Gasteiger partial charge is 0.378 e. The summed E-state index contributed by atoms with van der Waals surface area (Å²) in [7, 11) is 2.17. The van der Waals surface area contributed by atoms with E-state index in [-0.39, 0.29) is 5.60 Å². The summed E-state index contributed by atoms with van der Waals surface area (Å²) in [6.45, 7) is 2.64. The molecular weight excluding hydrogens is 250 g/mol. The van der Waals surface area contributed by atoms with Crippen LogP contribution < -0.4 is 5.32 Å². The molecule has 3 nitrogen and oxygen atoms in total. The maximum atomic E-state index is 6.11. The molecular formula is C17H31NO2. The Labute approximate surface area is 123 Å². The Balaban J connectivity index is 1.65. The van der Waals surface area contributed by atoms with E-state index in [0.717, 1.165) is 38.1 Å². The lowest BCUT2D eigenvalue weighted by atomic mass is 9.75. The third-order valence-corrected chi connectivity index (χ3v) is 5.85. The van der Waals surface area contributed by atoms with Crippen molar-refractivity contribution < 1.29 is 9.47 Å². The quantitative estimate of drug-likeness (QED) is 0.806. The number of ether oxygens (including phenoxy) is 2. The average Bonchev–Trinajstić information content (AvgIpc) is 2.75. The molecule has 3 atom stereocenters. The highest BCUT2D eigenvalue weighted by Crippen LogP contribution is 2.40. The second-order valence-electron chi connectivity index (χ2n) is 7.15. The van der Waals surface area contributed by atoms with Crippen LogP contribution in [-0.2, 0) is 9.47 Å². The fourth-order valence-electron chi connectivity index (χ4n) is 4.76. The van der Waals surface area contributed by atoms with Crippen LogP contribution in [0.15, 0.2) is 0 Å². The van der Waals surface area contributed by atoms with Gasteiger partial charge in [0.1, 0.15) is 0 Å². The number of rotatable bonds is 3. The molecule has 3 rings (SSSR count). The van der Waals surface area contributed by atoms with Gasteiger partial charge in [0, 0.05) is 25.7 Å². The van der Waals surface area contributed by atoms with E-state index < -0.39 is 0 Å². The predicted octanol–water partition coefficient (Wildman–Crippen LogP) is 3.13. The summed E-state index contributed by atoms with van der Waals surface area (Å²) in [5.74, 6) is 1.66. The minimum absolute atomic E-state index is 0.0583. The van der Waals surface area contributed by atoms with Gasteiger partial charge in [-0.15, -0.1) is 0 Å². The van der Waals surface area contributed by atoms with Crippen molar-refractivity contribution in [2.45, 2.75) is 69.4 Å². The van der Waals surface area contributed by atoms with Crippen molar-refractivity contribution in [3.63, 3.8) is 0 Å². The molecule has 3 fully saturated rings. The van der Waals surface area contributed by atoms with Gasteiger partial charge in [0.15, 0.2) is 0 Å². The van der Waals surface area contributed by atoms with Crippen molar-refractivity contribution >= 4 is 0 Å². The minimum atomic E-state index is 0.0583. The maximum absolute atomic E-state index is 6.11. The lowest BCUT2D eigenvalue weighted by Crippen LogP contribution is -2.49. The number of hydrogen-bond donors (Lipinski definition) is 1. The van der Waals surface area contributed by atoms with Gasteiger partial charge in [0.25, 0.3) is 0 Å². The summed E-state index contributed by atoms with van der Waals surface area (Å²) in [6.07, 6.45) is 12.1. The Bertz CT molecular complexity index is 293. The molecule has 2 aliphatic heterocycles. The molecule has 3 heteroatoms. The second kappa shape index (κ2) is 6.76. The molecule has 20 heavy (non-hydrogen) atoms. The lowest BCUT2D eigenvalue weighted by molar-refractivity contribution is -0.105. The molecule has 116 valence electrons. The van der Waals surface area contributed by atoms with E-state index >= 15 is 0 Å². The third kappa shape index (κ3) is 3.20. The molecule has 0 aromatic rings. The highest BCUT2D eigenvalue weighted by Gasteiger charge is 2.43. The van der Waals surface area contributed by atoms with E-state index in [0.29, 0.717) is 6.04 Å². The van der Waals surface area contributed by atoms with Crippen molar-refractivity contribution in [3.05, 3.63) is 0 Å². The molecule has 0 bridgehead atoms. The normalized spacial score (nSPS) is 38.0. The Hall–Kier alpha value is -0.120. The molecule has 3 unspecified atom stereocenters. The Morgan fingerprint density at radius 2 is 1.80 bits per heavy atom. The first-order valence-electron chi connectivity index (χ1n) is 8.72. The smallest absolute Gasteiger partial charge is 0.0939 e. The lowest BCUT2D eigenvalue weighted by Gasteiger charge is -2.42. The highest BCUT2D eigenvalue weighted by atomic mass is 16.6. The first-order chi connectivity index (χ1) is 9.83. The highest BCUT2D eigenvalue weighted by molar-refractivity contribution is 4.95. The summed E-state index contributed by atoms with van der Waals surface area (Å²) in [5, 5.41) is 3.68. The van der Waals surface area contributed by atoms with Gasteiger partial charge in [-0.25, -0.2) is 0 Å². The molecule has 2 heterocycles. The number of nitrogens with one attached hydrogen (secondary N) is 1. The predicted molar refractivity (Wildman–Crippen MR) is 80.9 cm³/mol. The van der Waals surface area contributed by atoms with E-state index in [9.17, 15) is 0 Å². The van der Waals surface area contributed by atoms with Gasteiger partial charge in [-0.1, -0.05) is 25.7 Å². The van der Waals surface area contributed by atoms with Crippen molar-refractivity contribution in [1.29, 1.82) is 0 Å². The van der Waals surface area contributed by atoms with Crippen LogP contribution in [0.3, 0.4) is 0 Å². The zero-order valence-corrected chi connectivity index (χ0v) is 13.0. The van der Waals surface area contributed by atoms with Gasteiger partial charge < -0.3 is 14.8 Å². The fraction of sp³-hybridized carbons (Fsp3) is 1.00.